The molecule has 152 valence electrons. The van der Waals surface area contributed by atoms with Crippen molar-refractivity contribution in [2.24, 2.45) is 0 Å². The van der Waals surface area contributed by atoms with Crippen LogP contribution in [-0.4, -0.2) is 46.7 Å². The quantitative estimate of drug-likeness (QED) is 0.749. The predicted molar refractivity (Wildman–Crippen MR) is 112 cm³/mol. The molecule has 1 aliphatic carbocycles. The van der Waals surface area contributed by atoms with Crippen LogP contribution in [0.1, 0.15) is 51.5 Å². The second-order valence-corrected chi connectivity index (χ2v) is 11.5. The Morgan fingerprint density at radius 2 is 1.96 bits per heavy atom. The largest absolute Gasteiger partial charge is 0.351 e. The molecule has 0 radical (unpaired) electrons. The lowest BCUT2D eigenvalue weighted by atomic mass is 9.95. The van der Waals surface area contributed by atoms with Gasteiger partial charge in [0.2, 0.25) is 5.91 Å². The number of imidazole rings is 1. The van der Waals surface area contributed by atoms with Crippen LogP contribution in [0.25, 0.3) is 11.0 Å². The Hall–Kier alpha value is -1.54. The van der Waals surface area contributed by atoms with Crippen molar-refractivity contribution in [1.82, 2.24) is 14.9 Å². The zero-order valence-electron chi connectivity index (χ0n) is 16.1. The zero-order valence-corrected chi connectivity index (χ0v) is 17.8. The molecule has 6 nitrogen and oxygen atoms in total. The fourth-order valence-electron chi connectivity index (χ4n) is 4.24. The lowest BCUT2D eigenvalue weighted by molar-refractivity contribution is -0.120. The molecule has 2 aliphatic rings. The van der Waals surface area contributed by atoms with E-state index in [-0.39, 0.29) is 28.7 Å². The van der Waals surface area contributed by atoms with Gasteiger partial charge in [-0.1, -0.05) is 43.2 Å². The number of nitrogens with zero attached hydrogens (tertiary/aromatic N) is 2. The van der Waals surface area contributed by atoms with Gasteiger partial charge in [0, 0.05) is 12.1 Å². The molecule has 28 heavy (non-hydrogen) atoms. The second-order valence-electron chi connectivity index (χ2n) is 7.91. The molecule has 0 unspecified atom stereocenters. The van der Waals surface area contributed by atoms with Crippen molar-refractivity contribution in [3.8, 4) is 0 Å². The zero-order chi connectivity index (χ0) is 19.7. The molecule has 2 atom stereocenters. The van der Waals surface area contributed by atoms with E-state index in [4.69, 9.17) is 4.98 Å². The number of carbonyl (C=O) groups is 1. The summed E-state index contributed by atoms with van der Waals surface area (Å²) in [6.07, 6.45) is 6.55. The molecule has 1 aliphatic heterocycles. The molecule has 4 rings (SSSR count). The fraction of sp³-hybridized carbons (Fsp3) is 0.600. The van der Waals surface area contributed by atoms with Gasteiger partial charge in [-0.15, -0.1) is 0 Å². The number of hydrogen-bond acceptors (Lipinski definition) is 5. The van der Waals surface area contributed by atoms with E-state index >= 15 is 0 Å². The Morgan fingerprint density at radius 3 is 2.68 bits per heavy atom. The van der Waals surface area contributed by atoms with Crippen molar-refractivity contribution in [2.45, 2.75) is 67.9 Å². The lowest BCUT2D eigenvalue weighted by Gasteiger charge is -2.26. The summed E-state index contributed by atoms with van der Waals surface area (Å²) in [4.78, 5) is 17.5. The Morgan fingerprint density at radius 1 is 1.21 bits per heavy atom. The third kappa shape index (κ3) is 4.22. The molecule has 0 bridgehead atoms. The molecule has 8 heteroatoms. The van der Waals surface area contributed by atoms with Gasteiger partial charge in [-0.05, 0) is 38.3 Å². The number of aromatic nitrogens is 2. The molecule has 1 aromatic heterocycles. The Bertz CT molecular complexity index is 964. The first-order chi connectivity index (χ1) is 13.4. The normalized spacial score (nSPS) is 23.7. The van der Waals surface area contributed by atoms with Crippen molar-refractivity contribution in [2.75, 3.05) is 11.5 Å². The average molecular weight is 422 g/mol. The summed E-state index contributed by atoms with van der Waals surface area (Å²) in [6.45, 7) is 1.87. The number of benzene rings is 1. The second kappa shape index (κ2) is 8.06. The summed E-state index contributed by atoms with van der Waals surface area (Å²) < 4.78 is 25.6. The van der Waals surface area contributed by atoms with E-state index in [0.29, 0.717) is 12.5 Å². The molecule has 2 aromatic rings. The van der Waals surface area contributed by atoms with Crippen molar-refractivity contribution < 1.29 is 13.2 Å². The summed E-state index contributed by atoms with van der Waals surface area (Å²) in [5.74, 6) is 0.0996. The minimum atomic E-state index is -3.00. The van der Waals surface area contributed by atoms with E-state index in [2.05, 4.69) is 16.0 Å². The van der Waals surface area contributed by atoms with Crippen LogP contribution in [0.2, 0.25) is 0 Å². The predicted octanol–water partition coefficient (Wildman–Crippen LogP) is 3.33. The molecule has 2 heterocycles. The maximum absolute atomic E-state index is 12.7. The van der Waals surface area contributed by atoms with Crippen LogP contribution < -0.4 is 5.32 Å². The van der Waals surface area contributed by atoms with E-state index in [0.717, 1.165) is 29.0 Å². The van der Waals surface area contributed by atoms with Crippen LogP contribution in [0, 0.1) is 0 Å². The highest BCUT2D eigenvalue weighted by molar-refractivity contribution is 8.00. The van der Waals surface area contributed by atoms with Gasteiger partial charge < -0.3 is 9.88 Å². The minimum Gasteiger partial charge on any atom is -0.351 e. The average Bonchev–Trinajstić information content (AvgIpc) is 3.21. The Balaban J connectivity index is 1.52. The molecule has 0 spiro atoms. The van der Waals surface area contributed by atoms with E-state index < -0.39 is 9.84 Å². The maximum atomic E-state index is 12.7. The first-order valence-electron chi connectivity index (χ1n) is 10.1. The van der Waals surface area contributed by atoms with Crippen LogP contribution in [0.4, 0.5) is 0 Å². The van der Waals surface area contributed by atoms with Gasteiger partial charge in [0.05, 0.1) is 27.8 Å². The third-order valence-electron chi connectivity index (χ3n) is 5.73. The number of amides is 1. The highest BCUT2D eigenvalue weighted by Gasteiger charge is 2.31. The van der Waals surface area contributed by atoms with E-state index in [1.54, 1.807) is 0 Å². The Labute approximate surface area is 170 Å². The third-order valence-corrected chi connectivity index (χ3v) is 8.57. The number of fused-ring (bicyclic) bond motifs is 1. The van der Waals surface area contributed by atoms with Crippen LogP contribution in [0.15, 0.2) is 29.4 Å². The van der Waals surface area contributed by atoms with Crippen LogP contribution in [0.3, 0.4) is 0 Å². The maximum Gasteiger partial charge on any atom is 0.233 e. The monoisotopic (exact) mass is 421 g/mol. The lowest BCUT2D eigenvalue weighted by Crippen LogP contribution is -2.40. The minimum absolute atomic E-state index is 0.0523. The summed E-state index contributed by atoms with van der Waals surface area (Å²) in [5.41, 5.74) is 2.09. The van der Waals surface area contributed by atoms with Gasteiger partial charge >= 0.3 is 0 Å². The summed E-state index contributed by atoms with van der Waals surface area (Å²) in [5, 5.41) is 3.46. The smallest absolute Gasteiger partial charge is 0.233 e. The molecule has 1 amide bonds. The highest BCUT2D eigenvalue weighted by atomic mass is 32.2. The first-order valence-corrected chi connectivity index (χ1v) is 12.8. The van der Waals surface area contributed by atoms with E-state index in [1.165, 1.54) is 31.0 Å². The summed E-state index contributed by atoms with van der Waals surface area (Å²) >= 11 is 1.47. The van der Waals surface area contributed by atoms with Crippen molar-refractivity contribution >= 4 is 38.5 Å². The van der Waals surface area contributed by atoms with Gasteiger partial charge in [0.25, 0.3) is 0 Å². The number of rotatable bonds is 5. The van der Waals surface area contributed by atoms with Crippen molar-refractivity contribution in [3.05, 3.63) is 24.3 Å². The molecule has 1 saturated carbocycles. The van der Waals surface area contributed by atoms with E-state index in [9.17, 15) is 13.2 Å². The summed E-state index contributed by atoms with van der Waals surface area (Å²) in [7, 11) is -3.00. The fourth-order valence-corrected chi connectivity index (χ4v) is 6.91. The number of nitrogens with one attached hydrogen (secondary N) is 1. The summed E-state index contributed by atoms with van der Waals surface area (Å²) in [6, 6.07) is 8.32. The first kappa shape index (κ1) is 19.8. The Kier molecular flexibility index (Phi) is 5.69. The molecule has 2 fully saturated rings. The molecule has 1 saturated heterocycles. The molecule has 1 N–H and O–H groups in total. The number of hydrogen-bond donors (Lipinski definition) is 1. The molecular formula is C20H27N3O3S2. The SMILES string of the molecule is C[C@H](Sc1nc2ccccc2n1C1CCCCC1)C(=O)N[C@@H]1CCS(=O)(=O)C1. The number of para-hydroxylation sites is 2. The standard InChI is InChI=1S/C20H27N3O3S2/c1-14(19(24)21-15-11-12-28(25,26)13-15)27-20-22-17-9-5-6-10-18(17)23(20)16-7-3-2-4-8-16/h5-6,9-10,14-16H,2-4,7-8,11-13H2,1H3,(H,21,24)/t14-,15+/m0/s1. The highest BCUT2D eigenvalue weighted by Crippen LogP contribution is 2.36. The van der Waals surface area contributed by atoms with Gasteiger partial charge in [-0.25, -0.2) is 13.4 Å². The van der Waals surface area contributed by atoms with Crippen LogP contribution >= 0.6 is 11.8 Å². The van der Waals surface area contributed by atoms with Crippen LogP contribution in [-0.2, 0) is 14.6 Å². The van der Waals surface area contributed by atoms with Crippen molar-refractivity contribution in [1.29, 1.82) is 0 Å². The number of carbonyl (C=O) groups excluding carboxylic acids is 1. The van der Waals surface area contributed by atoms with Crippen LogP contribution in [0.5, 0.6) is 0 Å². The number of sulfone groups is 1. The molecular weight excluding hydrogens is 394 g/mol. The van der Waals surface area contributed by atoms with Gasteiger partial charge in [-0.3, -0.25) is 4.79 Å². The molecule has 1 aromatic carbocycles. The topological polar surface area (TPSA) is 81.1 Å². The van der Waals surface area contributed by atoms with Crippen molar-refractivity contribution in [3.63, 3.8) is 0 Å². The van der Waals surface area contributed by atoms with Gasteiger partial charge in [0.15, 0.2) is 15.0 Å². The number of thioether (sulfide) groups is 1. The van der Waals surface area contributed by atoms with Gasteiger partial charge in [-0.2, -0.15) is 0 Å². The van der Waals surface area contributed by atoms with Gasteiger partial charge in [0.1, 0.15) is 0 Å². The van der Waals surface area contributed by atoms with E-state index in [1.807, 2.05) is 25.1 Å².